The Bertz CT molecular complexity index is 1140. The molecule has 30 heavy (non-hydrogen) atoms. The fraction of sp³-hybridized carbons (Fsp3) is 0.304. The van der Waals surface area contributed by atoms with Gasteiger partial charge in [-0.25, -0.2) is 15.3 Å². The first-order valence-corrected chi connectivity index (χ1v) is 9.64. The van der Waals surface area contributed by atoms with Crippen LogP contribution in [0.2, 0.25) is 0 Å². The molecule has 0 bridgehead atoms. The molecule has 4 rings (SSSR count). The van der Waals surface area contributed by atoms with Gasteiger partial charge in [0.25, 0.3) is 0 Å². The number of benzene rings is 1. The number of halogens is 1. The highest BCUT2D eigenvalue weighted by atomic mass is 19.1. The Morgan fingerprint density at radius 1 is 1.17 bits per heavy atom. The highest BCUT2D eigenvalue weighted by Crippen LogP contribution is 2.54. The van der Waals surface area contributed by atoms with Crippen LogP contribution < -0.4 is 4.57 Å². The van der Waals surface area contributed by atoms with Crippen LogP contribution in [0.15, 0.2) is 65.4 Å². The predicted molar refractivity (Wildman–Crippen MR) is 107 cm³/mol. The zero-order chi connectivity index (χ0) is 21.3. The maximum Gasteiger partial charge on any atom is 0.222 e. The molecule has 1 aliphatic carbocycles. The number of rotatable bonds is 4. The number of aromatic nitrogens is 1. The third-order valence-corrected chi connectivity index (χ3v) is 5.85. The van der Waals surface area contributed by atoms with Gasteiger partial charge in [0, 0.05) is 18.1 Å². The fourth-order valence-electron chi connectivity index (χ4n) is 4.38. The Labute approximate surface area is 173 Å². The molecule has 7 heteroatoms. The Kier molecular flexibility index (Phi) is 5.01. The molecule has 1 aliphatic heterocycles. The summed E-state index contributed by atoms with van der Waals surface area (Å²) in [6, 6.07) is 14.6. The Morgan fingerprint density at radius 3 is 2.43 bits per heavy atom. The van der Waals surface area contributed by atoms with E-state index in [4.69, 9.17) is 0 Å². The molecule has 1 aromatic heterocycles. The van der Waals surface area contributed by atoms with E-state index in [1.165, 1.54) is 6.07 Å². The van der Waals surface area contributed by atoms with Crippen molar-refractivity contribution in [2.75, 3.05) is 0 Å². The molecule has 2 aromatic rings. The summed E-state index contributed by atoms with van der Waals surface area (Å²) in [5.74, 6) is -0.864. The number of pyridine rings is 1. The zero-order valence-electron chi connectivity index (χ0n) is 16.0. The molecule has 2 aliphatic rings. The van der Waals surface area contributed by atoms with E-state index in [0.717, 1.165) is 0 Å². The monoisotopic (exact) mass is 399 g/mol. The Morgan fingerprint density at radius 2 is 1.87 bits per heavy atom. The first-order chi connectivity index (χ1) is 14.5. The molecule has 0 unspecified atom stereocenters. The lowest BCUT2D eigenvalue weighted by atomic mass is 9.70. The van der Waals surface area contributed by atoms with E-state index in [9.17, 15) is 25.4 Å². The van der Waals surface area contributed by atoms with Gasteiger partial charge in [-0.05, 0) is 24.5 Å². The van der Waals surface area contributed by atoms with E-state index >= 15 is 0 Å². The molecule has 1 N–H and O–H groups in total. The van der Waals surface area contributed by atoms with E-state index < -0.39 is 29.4 Å². The summed E-state index contributed by atoms with van der Waals surface area (Å²) in [6.45, 7) is 0. The molecule has 0 spiro atoms. The summed E-state index contributed by atoms with van der Waals surface area (Å²) in [5.41, 5.74) is -1.84. The summed E-state index contributed by atoms with van der Waals surface area (Å²) in [6.07, 6.45) is 4.93. The van der Waals surface area contributed by atoms with Crippen molar-refractivity contribution in [1.29, 1.82) is 10.5 Å². The van der Waals surface area contributed by atoms with Crippen molar-refractivity contribution in [3.63, 3.8) is 0 Å². The van der Waals surface area contributed by atoms with Gasteiger partial charge < -0.3 is 10.5 Å². The Hall–Kier alpha value is -3.64. The van der Waals surface area contributed by atoms with Gasteiger partial charge in [-0.2, -0.15) is 15.1 Å². The van der Waals surface area contributed by atoms with Crippen LogP contribution in [0.1, 0.15) is 30.4 Å². The molecule has 1 saturated carbocycles. The van der Waals surface area contributed by atoms with Gasteiger partial charge in [0.2, 0.25) is 11.8 Å². The van der Waals surface area contributed by atoms with Crippen LogP contribution in [-0.2, 0) is 0 Å². The Balaban J connectivity index is 2.04. The molecule has 0 amide bonds. The van der Waals surface area contributed by atoms with Gasteiger partial charge in [-0.3, -0.25) is 0 Å². The largest absolute Gasteiger partial charge is 0.762 e. The highest BCUT2D eigenvalue weighted by molar-refractivity contribution is 6.13. The number of aliphatic imine (C=N–C) groups is 1. The maximum absolute atomic E-state index is 15.0. The number of hydrogen-bond acceptors (Lipinski definition) is 4. The average Bonchev–Trinajstić information content (AvgIpc) is 3.61. The van der Waals surface area contributed by atoms with Crippen molar-refractivity contribution >= 4 is 11.6 Å². The SMILES string of the molecule is N#CC(=C=[N-])C1=N[C@](O)(C2CC2)[C@@H]([n+]2ccccc2)[C@@H](c2ccccc2F)[C@H]1C#N. The molecular weight excluding hydrogens is 381 g/mol. The number of aliphatic hydroxyl groups is 1. The van der Waals surface area contributed by atoms with Crippen molar-refractivity contribution in [2.45, 2.75) is 30.5 Å². The van der Waals surface area contributed by atoms with Gasteiger partial charge in [-0.1, -0.05) is 24.3 Å². The van der Waals surface area contributed by atoms with Crippen molar-refractivity contribution in [3.8, 4) is 12.1 Å². The second kappa shape index (κ2) is 7.65. The molecule has 1 aromatic carbocycles. The predicted octanol–water partition coefficient (Wildman–Crippen LogP) is 2.82. The van der Waals surface area contributed by atoms with Crippen LogP contribution in [-0.4, -0.2) is 22.4 Å². The lowest BCUT2D eigenvalue weighted by molar-refractivity contribution is -0.743. The van der Waals surface area contributed by atoms with Gasteiger partial charge >= 0.3 is 0 Å². The van der Waals surface area contributed by atoms with Crippen molar-refractivity contribution in [3.05, 3.63) is 77.2 Å². The van der Waals surface area contributed by atoms with Crippen LogP contribution in [0, 0.1) is 40.3 Å². The third kappa shape index (κ3) is 3.11. The summed E-state index contributed by atoms with van der Waals surface area (Å²) < 4.78 is 16.7. The fourth-order valence-corrected chi connectivity index (χ4v) is 4.38. The lowest BCUT2D eigenvalue weighted by Gasteiger charge is -2.41. The molecule has 1 fully saturated rings. The zero-order valence-corrected chi connectivity index (χ0v) is 16.0. The smallest absolute Gasteiger partial charge is 0.222 e. The number of nitrogens with zero attached hydrogens (tertiary/aromatic N) is 5. The van der Waals surface area contributed by atoms with E-state index in [0.29, 0.717) is 12.8 Å². The first kappa shape index (κ1) is 19.7. The number of hydrogen-bond donors (Lipinski definition) is 1. The second-order valence-corrected chi connectivity index (χ2v) is 7.57. The summed E-state index contributed by atoms with van der Waals surface area (Å²) >= 11 is 0. The van der Waals surface area contributed by atoms with Gasteiger partial charge in [0.1, 0.15) is 17.8 Å². The molecule has 6 nitrogen and oxygen atoms in total. The standard InChI is InChI=1S/C23H18FN5O/c24-19-7-3-2-6-17(19)20-18(14-27)21(15(12-25)13-26)28-23(30,16-8-9-16)22(20)29-10-4-1-5-11-29/h1-7,10-11,16,18,20,22,30H,8-9H2/t18-,20+,22+,23+/m1/s1. The van der Waals surface area contributed by atoms with Gasteiger partial charge in [0.05, 0.1) is 23.3 Å². The topological polar surface area (TPSA) is 106 Å². The van der Waals surface area contributed by atoms with Crippen molar-refractivity contribution in [1.82, 2.24) is 0 Å². The highest BCUT2D eigenvalue weighted by Gasteiger charge is 2.62. The average molecular weight is 399 g/mol. The van der Waals surface area contributed by atoms with E-state index in [2.05, 4.69) is 11.1 Å². The number of nitriles is 2. The van der Waals surface area contributed by atoms with Crippen molar-refractivity contribution in [2.24, 2.45) is 16.8 Å². The molecule has 4 atom stereocenters. The summed E-state index contributed by atoms with van der Waals surface area (Å²) in [4.78, 5) is 4.46. The lowest BCUT2D eigenvalue weighted by Crippen LogP contribution is -2.60. The van der Waals surface area contributed by atoms with E-state index in [1.54, 1.807) is 59.2 Å². The van der Waals surface area contributed by atoms with Crippen molar-refractivity contribution < 1.29 is 14.1 Å². The molecular formula is C23H18FN5O. The second-order valence-electron chi connectivity index (χ2n) is 7.57. The summed E-state index contributed by atoms with van der Waals surface area (Å²) in [7, 11) is 0. The molecule has 2 heterocycles. The molecule has 0 radical (unpaired) electrons. The maximum atomic E-state index is 15.0. The van der Waals surface area contributed by atoms with Crippen LogP contribution in [0.25, 0.3) is 5.41 Å². The minimum absolute atomic E-state index is 0.0714. The normalized spacial score (nSPS) is 27.9. The summed E-state index contributed by atoms with van der Waals surface area (Å²) in [5, 5.41) is 40.7. The minimum Gasteiger partial charge on any atom is -0.762 e. The molecule has 148 valence electrons. The van der Waals surface area contributed by atoms with Gasteiger partial charge in [0.15, 0.2) is 12.4 Å². The van der Waals surface area contributed by atoms with E-state index in [1.807, 2.05) is 6.07 Å². The van der Waals surface area contributed by atoms with Crippen LogP contribution >= 0.6 is 0 Å². The first-order valence-electron chi connectivity index (χ1n) is 9.64. The minimum atomic E-state index is -1.68. The van der Waals surface area contributed by atoms with E-state index in [-0.39, 0.29) is 22.8 Å². The quantitative estimate of drug-likeness (QED) is 0.485. The molecule has 0 saturated heterocycles. The van der Waals surface area contributed by atoms with Crippen LogP contribution in [0.5, 0.6) is 0 Å². The van der Waals surface area contributed by atoms with Gasteiger partial charge in [-0.15, -0.1) is 0 Å². The van der Waals surface area contributed by atoms with Crippen LogP contribution in [0.4, 0.5) is 4.39 Å². The van der Waals surface area contributed by atoms with Crippen LogP contribution in [0.3, 0.4) is 0 Å². The number of allylic oxidation sites excluding steroid dienone is 1. The third-order valence-electron chi connectivity index (χ3n) is 5.85.